The zero-order valence-electron chi connectivity index (χ0n) is 12.4. The fourth-order valence-electron chi connectivity index (χ4n) is 1.66. The number of hydrogen-bond acceptors (Lipinski definition) is 5. The normalized spacial score (nSPS) is 11.4. The van der Waals surface area contributed by atoms with Gasteiger partial charge < -0.3 is 5.32 Å². The average Bonchev–Trinajstić information content (AvgIpc) is 2.44. The number of carbonyl (C=O) groups excluding carboxylic acids is 1. The van der Waals surface area contributed by atoms with Crippen LogP contribution in [0, 0.1) is 4.91 Å². The van der Waals surface area contributed by atoms with E-state index < -0.39 is 16.1 Å². The van der Waals surface area contributed by atoms with Crippen molar-refractivity contribution in [2.45, 2.75) is 26.7 Å². The van der Waals surface area contributed by atoms with Crippen LogP contribution in [0.4, 0.5) is 4.79 Å². The summed E-state index contributed by atoms with van der Waals surface area (Å²) in [4.78, 5) is 21.9. The predicted molar refractivity (Wildman–Crippen MR) is 82.6 cm³/mol. The van der Waals surface area contributed by atoms with E-state index >= 15 is 0 Å². The summed E-state index contributed by atoms with van der Waals surface area (Å²) in [5, 5.41) is 5.48. The lowest BCUT2D eigenvalue weighted by atomic mass is 10.4. The molecule has 0 rings (SSSR count). The third-order valence-electron chi connectivity index (χ3n) is 2.60. The van der Waals surface area contributed by atoms with Gasteiger partial charge in [0.2, 0.25) is 10.0 Å². The molecule has 0 aromatic heterocycles. The molecular weight excluding hydrogens is 320 g/mol. The summed E-state index contributed by atoms with van der Waals surface area (Å²) < 4.78 is 25.6. The fourth-order valence-corrected chi connectivity index (χ4v) is 3.36. The number of nitroso groups, excluding NO2 is 1. The van der Waals surface area contributed by atoms with Crippen LogP contribution in [-0.2, 0) is 10.0 Å². The smallest absolute Gasteiger partial charge is 0.335 e. The quantitative estimate of drug-likeness (QED) is 0.348. The molecule has 0 spiro atoms. The van der Waals surface area contributed by atoms with Gasteiger partial charge in [-0.05, 0) is 12.8 Å². The van der Waals surface area contributed by atoms with Gasteiger partial charge in [-0.2, -0.15) is 5.01 Å². The maximum atomic E-state index is 12.1. The third-order valence-corrected chi connectivity index (χ3v) is 4.65. The largest absolute Gasteiger partial charge is 0.340 e. The van der Waals surface area contributed by atoms with Gasteiger partial charge in [-0.15, -0.1) is 16.5 Å². The van der Waals surface area contributed by atoms with Crippen molar-refractivity contribution >= 4 is 27.7 Å². The summed E-state index contributed by atoms with van der Waals surface area (Å²) in [6, 6.07) is -0.751. The molecule has 0 fully saturated rings. The first-order valence-electron chi connectivity index (χ1n) is 6.85. The van der Waals surface area contributed by atoms with E-state index in [4.69, 9.17) is 11.6 Å². The summed E-state index contributed by atoms with van der Waals surface area (Å²) in [6.45, 7) is 4.61. The second-order valence-corrected chi connectivity index (χ2v) is 6.81. The van der Waals surface area contributed by atoms with Crippen LogP contribution >= 0.6 is 11.6 Å². The van der Waals surface area contributed by atoms with Crippen molar-refractivity contribution < 1.29 is 13.2 Å². The highest BCUT2D eigenvalue weighted by molar-refractivity contribution is 7.89. The standard InChI is InChI=1S/C11H23ClN4O4S/c1-3-7-15(8-4-2)21(19,20)10-6-13-11(17)16(14-18)9-5-12/h3-10H2,1-2H3,(H,13,17). The number of carbonyl (C=O) groups is 1. The molecule has 0 aliphatic heterocycles. The molecule has 0 radical (unpaired) electrons. The first-order chi connectivity index (χ1) is 9.92. The molecule has 0 bridgehead atoms. The Hall–Kier alpha value is -0.930. The Kier molecular flexibility index (Phi) is 10.3. The topological polar surface area (TPSA) is 99.2 Å². The summed E-state index contributed by atoms with van der Waals surface area (Å²) in [7, 11) is -3.42. The van der Waals surface area contributed by atoms with E-state index in [1.54, 1.807) is 0 Å². The van der Waals surface area contributed by atoms with Crippen LogP contribution in [-0.4, -0.2) is 61.6 Å². The Morgan fingerprint density at radius 3 is 2.19 bits per heavy atom. The van der Waals surface area contributed by atoms with Gasteiger partial charge in [-0.1, -0.05) is 13.8 Å². The van der Waals surface area contributed by atoms with Crippen LogP contribution in [0.3, 0.4) is 0 Å². The Labute approximate surface area is 130 Å². The van der Waals surface area contributed by atoms with Gasteiger partial charge in [0.1, 0.15) is 0 Å². The predicted octanol–water partition coefficient (Wildman–Crippen LogP) is 1.37. The molecule has 8 nitrogen and oxygen atoms in total. The lowest BCUT2D eigenvalue weighted by molar-refractivity contribution is 0.203. The molecule has 0 aromatic rings. The van der Waals surface area contributed by atoms with E-state index in [1.165, 1.54) is 4.31 Å². The molecule has 0 saturated heterocycles. The van der Waals surface area contributed by atoms with E-state index in [0.717, 1.165) is 12.8 Å². The maximum Gasteiger partial charge on any atom is 0.340 e. The van der Waals surface area contributed by atoms with Crippen LogP contribution in [0.25, 0.3) is 0 Å². The van der Waals surface area contributed by atoms with Crippen LogP contribution in [0.5, 0.6) is 0 Å². The highest BCUT2D eigenvalue weighted by Crippen LogP contribution is 2.04. The number of nitrogens with one attached hydrogen (secondary N) is 1. The van der Waals surface area contributed by atoms with E-state index in [-0.39, 0.29) is 24.7 Å². The van der Waals surface area contributed by atoms with E-state index in [0.29, 0.717) is 18.1 Å². The van der Waals surface area contributed by atoms with Crippen molar-refractivity contribution in [1.29, 1.82) is 0 Å². The lowest BCUT2D eigenvalue weighted by Crippen LogP contribution is -2.42. The van der Waals surface area contributed by atoms with Crippen molar-refractivity contribution in [3.8, 4) is 0 Å². The van der Waals surface area contributed by atoms with Gasteiger partial charge in [-0.25, -0.2) is 17.5 Å². The number of amides is 2. The van der Waals surface area contributed by atoms with Gasteiger partial charge in [0.15, 0.2) is 0 Å². The minimum absolute atomic E-state index is 0.0264. The van der Waals surface area contributed by atoms with Crippen molar-refractivity contribution in [3.63, 3.8) is 0 Å². The Morgan fingerprint density at radius 1 is 1.19 bits per heavy atom. The summed E-state index contributed by atoms with van der Waals surface area (Å²) in [6.07, 6.45) is 1.45. The molecule has 0 aliphatic carbocycles. The number of nitrogens with zero attached hydrogens (tertiary/aromatic N) is 3. The van der Waals surface area contributed by atoms with Crippen molar-refractivity contribution in [2.24, 2.45) is 5.29 Å². The molecule has 21 heavy (non-hydrogen) atoms. The highest BCUT2D eigenvalue weighted by atomic mass is 35.5. The van der Waals surface area contributed by atoms with Crippen molar-refractivity contribution in [2.75, 3.05) is 37.8 Å². The fraction of sp³-hybridized carbons (Fsp3) is 0.909. The Bertz CT molecular complexity index is 412. The number of hydrogen-bond donors (Lipinski definition) is 1. The molecule has 2 amide bonds. The number of sulfonamides is 1. The van der Waals surface area contributed by atoms with E-state index in [1.807, 2.05) is 13.8 Å². The Morgan fingerprint density at radius 2 is 1.76 bits per heavy atom. The number of urea groups is 1. The molecule has 0 saturated carbocycles. The van der Waals surface area contributed by atoms with Gasteiger partial charge in [0, 0.05) is 25.5 Å². The molecule has 0 unspecified atom stereocenters. The van der Waals surface area contributed by atoms with Gasteiger partial charge in [0.05, 0.1) is 17.6 Å². The van der Waals surface area contributed by atoms with Crippen LogP contribution in [0.1, 0.15) is 26.7 Å². The first kappa shape index (κ1) is 20.1. The van der Waals surface area contributed by atoms with Crippen molar-refractivity contribution in [1.82, 2.24) is 14.6 Å². The molecule has 0 atom stereocenters. The second kappa shape index (κ2) is 10.7. The van der Waals surface area contributed by atoms with Crippen LogP contribution < -0.4 is 5.32 Å². The minimum Gasteiger partial charge on any atom is -0.335 e. The summed E-state index contributed by atoms with van der Waals surface area (Å²) >= 11 is 5.41. The van der Waals surface area contributed by atoms with Crippen LogP contribution in [0.15, 0.2) is 5.29 Å². The monoisotopic (exact) mass is 342 g/mol. The maximum absolute atomic E-state index is 12.1. The molecular formula is C11H23ClN4O4S. The number of halogens is 1. The molecule has 10 heteroatoms. The SMILES string of the molecule is CCCN(CCC)S(=O)(=O)CCNC(=O)N(CCCl)N=O. The van der Waals surface area contributed by atoms with Gasteiger partial charge >= 0.3 is 6.03 Å². The molecule has 124 valence electrons. The lowest BCUT2D eigenvalue weighted by Gasteiger charge is -2.21. The zero-order valence-corrected chi connectivity index (χ0v) is 14.0. The Balaban J connectivity index is 4.41. The first-order valence-corrected chi connectivity index (χ1v) is 8.99. The second-order valence-electron chi connectivity index (χ2n) is 4.34. The zero-order chi connectivity index (χ0) is 16.3. The molecule has 0 aromatic carbocycles. The molecule has 0 heterocycles. The third kappa shape index (κ3) is 7.58. The average molecular weight is 343 g/mol. The van der Waals surface area contributed by atoms with Gasteiger partial charge in [-0.3, -0.25) is 0 Å². The van der Waals surface area contributed by atoms with E-state index in [9.17, 15) is 18.1 Å². The molecule has 0 aliphatic rings. The number of alkyl halides is 1. The van der Waals surface area contributed by atoms with E-state index in [2.05, 4.69) is 10.6 Å². The van der Waals surface area contributed by atoms with Gasteiger partial charge in [0.25, 0.3) is 0 Å². The summed E-state index contributed by atoms with van der Waals surface area (Å²) in [5.41, 5.74) is 0. The molecule has 1 N–H and O–H groups in total. The minimum atomic E-state index is -3.42. The highest BCUT2D eigenvalue weighted by Gasteiger charge is 2.21. The van der Waals surface area contributed by atoms with Crippen molar-refractivity contribution in [3.05, 3.63) is 4.91 Å². The number of rotatable bonds is 11. The summed E-state index contributed by atoms with van der Waals surface area (Å²) in [5.74, 6) is -0.148. The van der Waals surface area contributed by atoms with Crippen LogP contribution in [0.2, 0.25) is 0 Å².